The third-order valence-electron chi connectivity index (χ3n) is 4.00. The van der Waals surface area contributed by atoms with E-state index < -0.39 is 0 Å². The van der Waals surface area contributed by atoms with E-state index in [-0.39, 0.29) is 5.54 Å². The molecule has 2 N–H and O–H groups in total. The molecule has 0 radical (unpaired) electrons. The van der Waals surface area contributed by atoms with Crippen LogP contribution in [0.1, 0.15) is 18.1 Å². The number of halogens is 1. The number of nitrogens with zero attached hydrogens (tertiary/aromatic N) is 2. The third kappa shape index (κ3) is 2.38. The topological polar surface area (TPSA) is 41.6 Å². The Bertz CT molecular complexity index is 693. The summed E-state index contributed by atoms with van der Waals surface area (Å²) in [5.74, 6) is 0.554. The number of nitrogens with two attached hydrogens (primary N) is 1. The molecule has 3 nitrogen and oxygen atoms in total. The van der Waals surface area contributed by atoms with Crippen LogP contribution in [0.15, 0.2) is 53.5 Å². The van der Waals surface area contributed by atoms with Gasteiger partial charge in [-0.25, -0.2) is 0 Å². The van der Waals surface area contributed by atoms with E-state index in [1.54, 1.807) is 0 Å². The molecule has 108 valence electrons. The molecule has 0 saturated heterocycles. The maximum absolute atomic E-state index is 6.15. The maximum atomic E-state index is 6.15. The van der Waals surface area contributed by atoms with Crippen LogP contribution >= 0.6 is 11.6 Å². The number of guanidine groups is 1. The van der Waals surface area contributed by atoms with Crippen LogP contribution in [0.2, 0.25) is 5.02 Å². The average molecular weight is 300 g/mol. The number of aryl methyl sites for hydroxylation is 1. The lowest BCUT2D eigenvalue weighted by Crippen LogP contribution is -2.47. The smallest absolute Gasteiger partial charge is 0.196 e. The normalized spacial score (nSPS) is 21.5. The van der Waals surface area contributed by atoms with Gasteiger partial charge in [0.15, 0.2) is 5.96 Å². The summed E-state index contributed by atoms with van der Waals surface area (Å²) >= 11 is 6.00. The van der Waals surface area contributed by atoms with Crippen molar-refractivity contribution in [2.24, 2.45) is 10.7 Å². The second-order valence-corrected chi connectivity index (χ2v) is 6.07. The van der Waals surface area contributed by atoms with Gasteiger partial charge in [0.05, 0.1) is 12.1 Å². The Labute approximate surface area is 130 Å². The first kappa shape index (κ1) is 14.0. The molecule has 0 spiro atoms. The monoisotopic (exact) mass is 299 g/mol. The first-order valence-electron chi connectivity index (χ1n) is 6.93. The highest BCUT2D eigenvalue weighted by Gasteiger charge is 2.40. The van der Waals surface area contributed by atoms with Gasteiger partial charge in [-0.05, 0) is 49.2 Å². The van der Waals surface area contributed by atoms with Crippen molar-refractivity contribution >= 4 is 23.2 Å². The van der Waals surface area contributed by atoms with Gasteiger partial charge in [-0.2, -0.15) is 0 Å². The van der Waals surface area contributed by atoms with E-state index in [0.29, 0.717) is 12.5 Å². The standard InChI is InChI=1S/C17H18ClN3/c1-12-4-3-5-15(10-12)21-16(19)20-11-17(21,2)13-6-8-14(18)9-7-13/h3-10H,11H2,1-2H3,(H2,19,20). The summed E-state index contributed by atoms with van der Waals surface area (Å²) in [4.78, 5) is 6.56. The van der Waals surface area contributed by atoms with Crippen molar-refractivity contribution < 1.29 is 0 Å². The molecule has 2 aromatic rings. The fraction of sp³-hybridized carbons (Fsp3) is 0.235. The van der Waals surface area contributed by atoms with Gasteiger partial charge < -0.3 is 10.6 Å². The molecule has 1 heterocycles. The van der Waals surface area contributed by atoms with Crippen molar-refractivity contribution in [1.82, 2.24) is 0 Å². The van der Waals surface area contributed by atoms with Crippen LogP contribution in [0.5, 0.6) is 0 Å². The molecule has 2 aromatic carbocycles. The highest BCUT2D eigenvalue weighted by molar-refractivity contribution is 6.30. The molecule has 1 atom stereocenters. The summed E-state index contributed by atoms with van der Waals surface area (Å²) in [6.45, 7) is 4.86. The molecule has 4 heteroatoms. The fourth-order valence-corrected chi connectivity index (χ4v) is 2.97. The minimum Gasteiger partial charge on any atom is -0.369 e. The molecule has 21 heavy (non-hydrogen) atoms. The minimum absolute atomic E-state index is 0.289. The first-order valence-corrected chi connectivity index (χ1v) is 7.31. The van der Waals surface area contributed by atoms with Crippen molar-refractivity contribution in [2.45, 2.75) is 19.4 Å². The fourth-order valence-electron chi connectivity index (χ4n) is 2.84. The molecule has 0 aromatic heterocycles. The summed E-state index contributed by atoms with van der Waals surface area (Å²) in [6.07, 6.45) is 0. The van der Waals surface area contributed by atoms with E-state index in [0.717, 1.165) is 16.3 Å². The number of hydrogen-bond acceptors (Lipinski definition) is 3. The molecule has 1 unspecified atom stereocenters. The largest absolute Gasteiger partial charge is 0.369 e. The van der Waals surface area contributed by atoms with Crippen LogP contribution in [0.4, 0.5) is 5.69 Å². The molecule has 3 rings (SSSR count). The van der Waals surface area contributed by atoms with Gasteiger partial charge in [0.25, 0.3) is 0 Å². The number of benzene rings is 2. The zero-order chi connectivity index (χ0) is 15.0. The molecule has 0 amide bonds. The molecule has 1 aliphatic rings. The van der Waals surface area contributed by atoms with Crippen molar-refractivity contribution in [3.8, 4) is 0 Å². The van der Waals surface area contributed by atoms with Crippen molar-refractivity contribution in [1.29, 1.82) is 0 Å². The number of anilines is 1. The van der Waals surface area contributed by atoms with E-state index in [1.165, 1.54) is 5.56 Å². The van der Waals surface area contributed by atoms with E-state index in [1.807, 2.05) is 30.3 Å². The highest BCUT2D eigenvalue weighted by atomic mass is 35.5. The first-order chi connectivity index (χ1) is 10.0. The second-order valence-electron chi connectivity index (χ2n) is 5.63. The van der Waals surface area contributed by atoms with Gasteiger partial charge in [-0.15, -0.1) is 0 Å². The van der Waals surface area contributed by atoms with Crippen molar-refractivity contribution in [3.05, 3.63) is 64.7 Å². The zero-order valence-electron chi connectivity index (χ0n) is 12.2. The molecule has 0 bridgehead atoms. The molecule has 0 saturated carbocycles. The van der Waals surface area contributed by atoms with E-state index in [4.69, 9.17) is 17.3 Å². The number of hydrogen-bond donors (Lipinski definition) is 1. The van der Waals surface area contributed by atoms with Crippen LogP contribution in [0, 0.1) is 6.92 Å². The number of rotatable bonds is 2. The van der Waals surface area contributed by atoms with Gasteiger partial charge in [-0.3, -0.25) is 4.99 Å². The lowest BCUT2D eigenvalue weighted by Gasteiger charge is -2.36. The van der Waals surface area contributed by atoms with Crippen LogP contribution in [-0.4, -0.2) is 12.5 Å². The Kier molecular flexibility index (Phi) is 3.38. The summed E-state index contributed by atoms with van der Waals surface area (Å²) < 4.78 is 0. The van der Waals surface area contributed by atoms with Crippen molar-refractivity contribution in [2.75, 3.05) is 11.4 Å². The Morgan fingerprint density at radius 2 is 1.90 bits per heavy atom. The summed E-state index contributed by atoms with van der Waals surface area (Å²) in [5, 5.41) is 0.733. The van der Waals surface area contributed by atoms with Gasteiger partial charge >= 0.3 is 0 Å². The van der Waals surface area contributed by atoms with Gasteiger partial charge in [-0.1, -0.05) is 35.9 Å². The van der Waals surface area contributed by atoms with E-state index in [2.05, 4.69) is 41.9 Å². The Hall–Kier alpha value is -2.00. The lowest BCUT2D eigenvalue weighted by atomic mass is 9.90. The number of aliphatic imine (C=N–C) groups is 1. The SMILES string of the molecule is Cc1cccc(N2C(N)=NCC2(C)c2ccc(Cl)cc2)c1. The van der Waals surface area contributed by atoms with Crippen LogP contribution in [0.3, 0.4) is 0 Å². The van der Waals surface area contributed by atoms with Gasteiger partial charge in [0, 0.05) is 10.7 Å². The van der Waals surface area contributed by atoms with Crippen molar-refractivity contribution in [3.63, 3.8) is 0 Å². The molecule has 0 aliphatic carbocycles. The predicted molar refractivity (Wildman–Crippen MR) is 89.0 cm³/mol. The van der Waals surface area contributed by atoms with E-state index >= 15 is 0 Å². The maximum Gasteiger partial charge on any atom is 0.196 e. The molecular formula is C17H18ClN3. The molecule has 0 fully saturated rings. The van der Waals surface area contributed by atoms with Crippen LogP contribution < -0.4 is 10.6 Å². The third-order valence-corrected chi connectivity index (χ3v) is 4.25. The summed E-state index contributed by atoms with van der Waals surface area (Å²) in [6, 6.07) is 16.2. The van der Waals surface area contributed by atoms with E-state index in [9.17, 15) is 0 Å². The molecular weight excluding hydrogens is 282 g/mol. The predicted octanol–water partition coefficient (Wildman–Crippen LogP) is 3.70. The summed E-state index contributed by atoms with van der Waals surface area (Å²) in [7, 11) is 0. The Morgan fingerprint density at radius 3 is 2.57 bits per heavy atom. The highest BCUT2D eigenvalue weighted by Crippen LogP contribution is 2.37. The quantitative estimate of drug-likeness (QED) is 0.918. The lowest BCUT2D eigenvalue weighted by molar-refractivity contribution is 0.533. The van der Waals surface area contributed by atoms with Gasteiger partial charge in [0.2, 0.25) is 0 Å². The van der Waals surface area contributed by atoms with Crippen LogP contribution in [-0.2, 0) is 5.54 Å². The molecule has 1 aliphatic heterocycles. The minimum atomic E-state index is -0.289. The Balaban J connectivity index is 2.07. The zero-order valence-corrected chi connectivity index (χ0v) is 12.9. The second kappa shape index (κ2) is 5.08. The summed E-state index contributed by atoms with van der Waals surface area (Å²) in [5.41, 5.74) is 9.28. The Morgan fingerprint density at radius 1 is 1.19 bits per heavy atom. The van der Waals surface area contributed by atoms with Gasteiger partial charge in [0.1, 0.15) is 0 Å². The van der Waals surface area contributed by atoms with Crippen LogP contribution in [0.25, 0.3) is 0 Å². The average Bonchev–Trinajstić information content (AvgIpc) is 2.76.